The van der Waals surface area contributed by atoms with Crippen molar-refractivity contribution < 1.29 is 23.1 Å². The largest absolute Gasteiger partial charge is 0.386 e. The molecular formula is C19H18F3N3O2. The molecule has 27 heavy (non-hydrogen) atoms. The molecule has 1 aromatic heterocycles. The van der Waals surface area contributed by atoms with Crippen LogP contribution in [-0.2, 0) is 4.79 Å². The quantitative estimate of drug-likeness (QED) is 0.776. The minimum Gasteiger partial charge on any atom is -0.386 e. The predicted octanol–water partition coefficient (Wildman–Crippen LogP) is 3.13. The highest BCUT2D eigenvalue weighted by Gasteiger charge is 2.26. The van der Waals surface area contributed by atoms with E-state index in [9.17, 15) is 23.1 Å². The first-order chi connectivity index (χ1) is 12.9. The molecule has 1 unspecified atom stereocenters. The summed E-state index contributed by atoms with van der Waals surface area (Å²) in [6.07, 6.45) is -3.14. The molecule has 0 radical (unpaired) electrons. The van der Waals surface area contributed by atoms with Crippen molar-refractivity contribution in [1.29, 1.82) is 5.26 Å². The molecule has 3 atom stereocenters. The van der Waals surface area contributed by atoms with Gasteiger partial charge in [0.1, 0.15) is 12.8 Å². The summed E-state index contributed by atoms with van der Waals surface area (Å²) in [5, 5.41) is 20.8. The number of carbonyl (C=O) groups is 1. The monoisotopic (exact) mass is 377 g/mol. The Morgan fingerprint density at radius 2 is 1.85 bits per heavy atom. The summed E-state index contributed by atoms with van der Waals surface area (Å²) in [6.45, 7) is 0.552. The van der Waals surface area contributed by atoms with Crippen LogP contribution in [0, 0.1) is 11.3 Å². The number of nitrogens with one attached hydrogen (secondary N) is 1. The van der Waals surface area contributed by atoms with Gasteiger partial charge in [0, 0.05) is 11.8 Å². The van der Waals surface area contributed by atoms with Crippen molar-refractivity contribution in [3.8, 4) is 17.2 Å². The molecule has 2 rings (SSSR count). The Labute approximate surface area is 154 Å². The standard InChI is InChI=1S/C19H18F3N3O2/c1-11(9-23)15-7-6-14(10-24-15)12-2-4-13(5-3-12)17(26)16(8-20)25-19(27)18(21)22/h2-7,10-11,16-18,26H,8H2,1H3,(H,25,27)/t11?,16-,17+/m1/s1. The summed E-state index contributed by atoms with van der Waals surface area (Å²) < 4.78 is 37.6. The molecule has 0 saturated carbocycles. The molecule has 0 bridgehead atoms. The van der Waals surface area contributed by atoms with Gasteiger partial charge in [0.25, 0.3) is 5.91 Å². The van der Waals surface area contributed by atoms with E-state index in [4.69, 9.17) is 5.26 Å². The molecule has 1 heterocycles. The van der Waals surface area contributed by atoms with Crippen LogP contribution in [0.3, 0.4) is 0 Å². The van der Waals surface area contributed by atoms with E-state index < -0.39 is 31.2 Å². The van der Waals surface area contributed by atoms with Crippen LogP contribution in [-0.4, -0.2) is 35.1 Å². The third-order valence-electron chi connectivity index (χ3n) is 4.08. The first-order valence-corrected chi connectivity index (χ1v) is 8.15. The molecular weight excluding hydrogens is 359 g/mol. The third-order valence-corrected chi connectivity index (χ3v) is 4.08. The average molecular weight is 377 g/mol. The number of hydrogen-bond donors (Lipinski definition) is 2. The second-order valence-corrected chi connectivity index (χ2v) is 5.96. The zero-order chi connectivity index (χ0) is 20.0. The fraction of sp³-hybridized carbons (Fsp3) is 0.316. The summed E-state index contributed by atoms with van der Waals surface area (Å²) in [4.78, 5) is 15.3. The lowest BCUT2D eigenvalue weighted by atomic mass is 9.99. The molecule has 1 amide bonds. The topological polar surface area (TPSA) is 86.0 Å². The average Bonchev–Trinajstić information content (AvgIpc) is 2.70. The molecule has 0 spiro atoms. The van der Waals surface area contributed by atoms with E-state index in [0.29, 0.717) is 5.69 Å². The number of nitrogens with zero attached hydrogens (tertiary/aromatic N) is 2. The van der Waals surface area contributed by atoms with Crippen molar-refractivity contribution in [2.24, 2.45) is 0 Å². The van der Waals surface area contributed by atoms with Crippen LogP contribution in [0.15, 0.2) is 42.6 Å². The molecule has 8 heteroatoms. The van der Waals surface area contributed by atoms with Crippen molar-refractivity contribution in [1.82, 2.24) is 10.3 Å². The number of alkyl halides is 3. The van der Waals surface area contributed by atoms with Gasteiger partial charge in [-0.1, -0.05) is 30.3 Å². The highest BCUT2D eigenvalue weighted by atomic mass is 19.3. The fourth-order valence-electron chi connectivity index (χ4n) is 2.45. The number of carbonyl (C=O) groups excluding carboxylic acids is 1. The molecule has 0 saturated heterocycles. The van der Waals surface area contributed by atoms with Crippen molar-refractivity contribution in [3.63, 3.8) is 0 Å². The van der Waals surface area contributed by atoms with Gasteiger partial charge in [-0.25, -0.2) is 4.39 Å². The van der Waals surface area contributed by atoms with Gasteiger partial charge in [-0.05, 0) is 24.1 Å². The zero-order valence-corrected chi connectivity index (χ0v) is 14.4. The van der Waals surface area contributed by atoms with Crippen molar-refractivity contribution >= 4 is 5.91 Å². The van der Waals surface area contributed by atoms with Gasteiger partial charge in [-0.15, -0.1) is 0 Å². The summed E-state index contributed by atoms with van der Waals surface area (Å²) in [7, 11) is 0. The van der Waals surface area contributed by atoms with Gasteiger partial charge >= 0.3 is 6.43 Å². The molecule has 0 aliphatic rings. The van der Waals surface area contributed by atoms with Crippen LogP contribution in [0.1, 0.15) is 30.2 Å². The van der Waals surface area contributed by atoms with Crippen molar-refractivity contribution in [2.45, 2.75) is 31.4 Å². The van der Waals surface area contributed by atoms with Crippen LogP contribution in [0.5, 0.6) is 0 Å². The molecule has 2 N–H and O–H groups in total. The lowest BCUT2D eigenvalue weighted by Crippen LogP contribution is -2.43. The van der Waals surface area contributed by atoms with E-state index in [0.717, 1.165) is 11.1 Å². The van der Waals surface area contributed by atoms with Crippen LogP contribution in [0.2, 0.25) is 0 Å². The SMILES string of the molecule is CC(C#N)c1ccc(-c2ccc([C@H](O)[C@@H](CF)NC(=O)C(F)F)cc2)cn1. The highest BCUT2D eigenvalue weighted by molar-refractivity contribution is 5.79. The van der Waals surface area contributed by atoms with Gasteiger partial charge < -0.3 is 10.4 Å². The number of aliphatic hydroxyl groups excluding tert-OH is 1. The summed E-state index contributed by atoms with van der Waals surface area (Å²) in [5.74, 6) is -1.95. The number of amides is 1. The second-order valence-electron chi connectivity index (χ2n) is 5.96. The number of rotatable bonds is 7. The van der Waals surface area contributed by atoms with Crippen LogP contribution in [0.4, 0.5) is 13.2 Å². The Bertz CT molecular complexity index is 804. The van der Waals surface area contributed by atoms with E-state index >= 15 is 0 Å². The maximum atomic E-state index is 13.0. The number of aliphatic hydroxyl groups is 1. The van der Waals surface area contributed by atoms with E-state index in [1.165, 1.54) is 12.1 Å². The Kier molecular flexibility index (Phi) is 6.91. The van der Waals surface area contributed by atoms with Crippen LogP contribution >= 0.6 is 0 Å². The Morgan fingerprint density at radius 3 is 2.33 bits per heavy atom. The number of halogens is 3. The van der Waals surface area contributed by atoms with E-state index in [-0.39, 0.29) is 11.5 Å². The number of nitriles is 1. The van der Waals surface area contributed by atoms with Gasteiger partial charge in [0.15, 0.2) is 0 Å². The molecule has 2 aromatic rings. The van der Waals surface area contributed by atoms with Gasteiger partial charge in [0.2, 0.25) is 0 Å². The summed E-state index contributed by atoms with van der Waals surface area (Å²) in [5.41, 5.74) is 2.47. The first-order valence-electron chi connectivity index (χ1n) is 8.15. The zero-order valence-electron chi connectivity index (χ0n) is 14.4. The number of benzene rings is 1. The van der Waals surface area contributed by atoms with Crippen molar-refractivity contribution in [2.75, 3.05) is 6.67 Å². The lowest BCUT2D eigenvalue weighted by Gasteiger charge is -2.22. The molecule has 0 aliphatic carbocycles. The Balaban J connectivity index is 2.14. The summed E-state index contributed by atoms with van der Waals surface area (Å²) in [6, 6.07) is 10.5. The molecule has 142 valence electrons. The normalized spacial score (nSPS) is 14.3. The first kappa shape index (κ1) is 20.4. The summed E-state index contributed by atoms with van der Waals surface area (Å²) >= 11 is 0. The van der Waals surface area contributed by atoms with Crippen LogP contribution < -0.4 is 5.32 Å². The Morgan fingerprint density at radius 1 is 1.22 bits per heavy atom. The molecule has 0 fully saturated rings. The number of aromatic nitrogens is 1. The molecule has 5 nitrogen and oxygen atoms in total. The minimum atomic E-state index is -3.28. The van der Waals surface area contributed by atoms with Crippen LogP contribution in [0.25, 0.3) is 11.1 Å². The lowest BCUT2D eigenvalue weighted by molar-refractivity contribution is -0.133. The fourth-order valence-corrected chi connectivity index (χ4v) is 2.45. The van der Waals surface area contributed by atoms with Crippen molar-refractivity contribution in [3.05, 3.63) is 53.9 Å². The number of pyridine rings is 1. The van der Waals surface area contributed by atoms with E-state index in [2.05, 4.69) is 11.1 Å². The van der Waals surface area contributed by atoms with Gasteiger partial charge in [0.05, 0.1) is 23.7 Å². The van der Waals surface area contributed by atoms with Gasteiger partial charge in [-0.2, -0.15) is 14.0 Å². The highest BCUT2D eigenvalue weighted by Crippen LogP contribution is 2.24. The molecule has 1 aromatic carbocycles. The number of hydrogen-bond acceptors (Lipinski definition) is 4. The Hall–Kier alpha value is -2.92. The van der Waals surface area contributed by atoms with E-state index in [1.54, 1.807) is 42.7 Å². The second kappa shape index (κ2) is 9.14. The minimum absolute atomic E-state index is 0.277. The maximum absolute atomic E-state index is 13.0. The molecule has 0 aliphatic heterocycles. The maximum Gasteiger partial charge on any atom is 0.315 e. The van der Waals surface area contributed by atoms with Gasteiger partial charge in [-0.3, -0.25) is 9.78 Å². The van der Waals surface area contributed by atoms with E-state index in [1.807, 2.05) is 0 Å². The predicted molar refractivity (Wildman–Crippen MR) is 92.6 cm³/mol. The smallest absolute Gasteiger partial charge is 0.315 e. The third kappa shape index (κ3) is 5.05.